The molecule has 0 radical (unpaired) electrons. The molecule has 1 fully saturated rings. The van der Waals surface area contributed by atoms with Crippen LogP contribution in [0.25, 0.3) is 10.2 Å². The molecular weight excluding hydrogens is 399 g/mol. The zero-order valence-corrected chi connectivity index (χ0v) is 16.6. The number of piperidine rings is 1. The molecular formula is C21H20F3N3OS. The first-order valence-electron chi connectivity index (χ1n) is 9.48. The van der Waals surface area contributed by atoms with Crippen LogP contribution in [0, 0.1) is 17.5 Å². The quantitative estimate of drug-likeness (QED) is 0.611. The average molecular weight is 419 g/mol. The largest absolute Gasteiger partial charge is 0.322 e. The Morgan fingerprint density at radius 1 is 1.14 bits per heavy atom. The normalized spacial score (nSPS) is 16.8. The molecule has 3 aromatic rings. The molecule has 0 spiro atoms. The number of nitrogens with one attached hydrogen (secondary N) is 1. The van der Waals surface area contributed by atoms with Gasteiger partial charge in [-0.3, -0.25) is 9.69 Å². The lowest BCUT2D eigenvalue weighted by molar-refractivity contribution is -0.121. The van der Waals surface area contributed by atoms with Gasteiger partial charge in [0.05, 0.1) is 27.0 Å². The molecule has 2 aromatic carbocycles. The fourth-order valence-electron chi connectivity index (χ4n) is 3.62. The Morgan fingerprint density at radius 2 is 1.86 bits per heavy atom. The van der Waals surface area contributed by atoms with E-state index in [2.05, 4.69) is 11.4 Å². The molecule has 1 aromatic heterocycles. The van der Waals surface area contributed by atoms with Crippen LogP contribution in [0.4, 0.5) is 18.9 Å². The third-order valence-corrected chi connectivity index (χ3v) is 6.61. The fourth-order valence-corrected chi connectivity index (χ4v) is 4.76. The number of fused-ring (bicyclic) bond motifs is 1. The molecule has 0 saturated carbocycles. The summed E-state index contributed by atoms with van der Waals surface area (Å²) >= 11 is 1.71. The minimum absolute atomic E-state index is 0.350. The smallest absolute Gasteiger partial charge is 0.241 e. The van der Waals surface area contributed by atoms with Crippen LogP contribution in [0.3, 0.4) is 0 Å². The maximum Gasteiger partial charge on any atom is 0.241 e. The Balaban J connectivity index is 1.37. The van der Waals surface area contributed by atoms with E-state index in [1.54, 1.807) is 18.3 Å². The number of carbonyl (C=O) groups is 1. The summed E-state index contributed by atoms with van der Waals surface area (Å²) in [6.07, 6.45) is 1.74. The van der Waals surface area contributed by atoms with E-state index < -0.39 is 29.4 Å². The lowest BCUT2D eigenvalue weighted by atomic mass is 9.96. The van der Waals surface area contributed by atoms with Crippen molar-refractivity contribution >= 4 is 33.1 Å². The third-order valence-electron chi connectivity index (χ3n) is 5.41. The summed E-state index contributed by atoms with van der Waals surface area (Å²) in [5.41, 5.74) is 0.654. The standard InChI is InChI=1S/C21H20F3N3OS/c1-12(20(28)25-16-7-6-14(22)18(23)19(16)24)27-10-8-13(9-11-27)21-26-15-4-2-3-5-17(15)29-21/h2-7,12-13H,8-11H2,1H3,(H,25,28)/t12-/m1/s1. The van der Waals surface area contributed by atoms with Crippen molar-refractivity contribution in [2.75, 3.05) is 18.4 Å². The van der Waals surface area contributed by atoms with Crippen molar-refractivity contribution in [1.29, 1.82) is 0 Å². The second kappa shape index (κ2) is 8.12. The highest BCUT2D eigenvalue weighted by atomic mass is 32.1. The molecule has 0 bridgehead atoms. The lowest BCUT2D eigenvalue weighted by Crippen LogP contribution is -2.45. The first-order valence-corrected chi connectivity index (χ1v) is 10.3. The number of aromatic nitrogens is 1. The Labute approximate surface area is 170 Å². The molecule has 1 N–H and O–H groups in total. The molecule has 2 heterocycles. The van der Waals surface area contributed by atoms with E-state index in [0.29, 0.717) is 19.0 Å². The zero-order chi connectivity index (χ0) is 20.5. The summed E-state index contributed by atoms with van der Waals surface area (Å²) in [5, 5.41) is 3.48. The molecule has 1 aliphatic rings. The van der Waals surface area contributed by atoms with Crippen molar-refractivity contribution in [3.8, 4) is 0 Å². The van der Waals surface area contributed by atoms with Gasteiger partial charge in [0.15, 0.2) is 17.5 Å². The minimum atomic E-state index is -1.59. The van der Waals surface area contributed by atoms with E-state index in [1.807, 2.05) is 23.1 Å². The van der Waals surface area contributed by atoms with Gasteiger partial charge in [-0.15, -0.1) is 11.3 Å². The van der Waals surface area contributed by atoms with Crippen LogP contribution in [-0.2, 0) is 4.79 Å². The molecule has 1 amide bonds. The van der Waals surface area contributed by atoms with Crippen LogP contribution in [0.2, 0.25) is 0 Å². The topological polar surface area (TPSA) is 45.2 Å². The monoisotopic (exact) mass is 419 g/mol. The predicted octanol–water partition coefficient (Wildman–Crippen LogP) is 4.92. The van der Waals surface area contributed by atoms with Gasteiger partial charge < -0.3 is 5.32 Å². The summed E-state index contributed by atoms with van der Waals surface area (Å²) < 4.78 is 41.4. The predicted molar refractivity (Wildman–Crippen MR) is 108 cm³/mol. The van der Waals surface area contributed by atoms with E-state index in [0.717, 1.165) is 35.5 Å². The number of rotatable bonds is 4. The van der Waals surface area contributed by atoms with Gasteiger partial charge in [0.2, 0.25) is 5.91 Å². The summed E-state index contributed by atoms with van der Waals surface area (Å²) in [5.74, 6) is -4.37. The highest BCUT2D eigenvalue weighted by Gasteiger charge is 2.29. The van der Waals surface area contributed by atoms with Crippen LogP contribution >= 0.6 is 11.3 Å². The molecule has 8 heteroatoms. The van der Waals surface area contributed by atoms with Gasteiger partial charge in [0.1, 0.15) is 0 Å². The van der Waals surface area contributed by atoms with Crippen molar-refractivity contribution in [1.82, 2.24) is 9.88 Å². The van der Waals surface area contributed by atoms with E-state index in [-0.39, 0.29) is 5.69 Å². The summed E-state index contributed by atoms with van der Waals surface area (Å²) in [6, 6.07) is 9.36. The highest BCUT2D eigenvalue weighted by Crippen LogP contribution is 2.34. The molecule has 4 nitrogen and oxygen atoms in total. The first-order chi connectivity index (χ1) is 13.9. The first kappa shape index (κ1) is 19.8. The number of likely N-dealkylation sites (tertiary alicyclic amines) is 1. The van der Waals surface area contributed by atoms with Gasteiger partial charge in [0, 0.05) is 5.92 Å². The van der Waals surface area contributed by atoms with Gasteiger partial charge in [0.25, 0.3) is 0 Å². The average Bonchev–Trinajstić information content (AvgIpc) is 3.18. The number of anilines is 1. The molecule has 1 atom stereocenters. The Morgan fingerprint density at radius 3 is 2.59 bits per heavy atom. The van der Waals surface area contributed by atoms with E-state index >= 15 is 0 Å². The molecule has 152 valence electrons. The van der Waals surface area contributed by atoms with Crippen molar-refractivity contribution < 1.29 is 18.0 Å². The molecule has 1 saturated heterocycles. The molecule has 0 unspecified atom stereocenters. The maximum absolute atomic E-state index is 13.8. The molecule has 4 rings (SSSR count). The lowest BCUT2D eigenvalue weighted by Gasteiger charge is -2.34. The molecule has 29 heavy (non-hydrogen) atoms. The summed E-state index contributed by atoms with van der Waals surface area (Å²) in [6.45, 7) is 3.13. The molecule has 1 aliphatic heterocycles. The summed E-state index contributed by atoms with van der Waals surface area (Å²) in [4.78, 5) is 19.2. The van der Waals surface area contributed by atoms with Crippen LogP contribution in [0.15, 0.2) is 36.4 Å². The van der Waals surface area contributed by atoms with Crippen molar-refractivity contribution in [2.45, 2.75) is 31.7 Å². The van der Waals surface area contributed by atoms with E-state index in [1.165, 1.54) is 4.70 Å². The van der Waals surface area contributed by atoms with E-state index in [9.17, 15) is 18.0 Å². The highest BCUT2D eigenvalue weighted by molar-refractivity contribution is 7.18. The van der Waals surface area contributed by atoms with Gasteiger partial charge in [-0.05, 0) is 57.1 Å². The second-order valence-corrected chi connectivity index (χ2v) is 8.28. The van der Waals surface area contributed by atoms with Gasteiger partial charge in [-0.2, -0.15) is 0 Å². The zero-order valence-electron chi connectivity index (χ0n) is 15.8. The van der Waals surface area contributed by atoms with Crippen molar-refractivity contribution in [3.05, 3.63) is 58.9 Å². The maximum atomic E-state index is 13.8. The Bertz CT molecular complexity index is 1010. The Kier molecular flexibility index (Phi) is 5.56. The number of halogens is 3. The second-order valence-electron chi connectivity index (χ2n) is 7.22. The molecule has 0 aliphatic carbocycles. The summed E-state index contributed by atoms with van der Waals surface area (Å²) in [7, 11) is 0. The fraction of sp³-hybridized carbons (Fsp3) is 0.333. The number of carbonyl (C=O) groups excluding carboxylic acids is 1. The van der Waals surface area contributed by atoms with Crippen LogP contribution in [0.5, 0.6) is 0 Å². The number of amides is 1. The Hall–Kier alpha value is -2.45. The number of hydrogen-bond donors (Lipinski definition) is 1. The third kappa shape index (κ3) is 4.00. The van der Waals surface area contributed by atoms with Gasteiger partial charge >= 0.3 is 0 Å². The number of hydrogen-bond acceptors (Lipinski definition) is 4. The van der Waals surface area contributed by atoms with Crippen molar-refractivity contribution in [2.24, 2.45) is 0 Å². The van der Waals surface area contributed by atoms with Crippen LogP contribution in [-0.4, -0.2) is 34.9 Å². The van der Waals surface area contributed by atoms with Gasteiger partial charge in [-0.25, -0.2) is 18.2 Å². The number of thiazole rings is 1. The number of nitrogens with zero attached hydrogens (tertiary/aromatic N) is 2. The van der Waals surface area contributed by atoms with Gasteiger partial charge in [-0.1, -0.05) is 12.1 Å². The van der Waals surface area contributed by atoms with E-state index in [4.69, 9.17) is 4.98 Å². The SMILES string of the molecule is C[C@H](C(=O)Nc1ccc(F)c(F)c1F)N1CCC(c2nc3ccccc3s2)CC1. The van der Waals surface area contributed by atoms with Crippen LogP contribution in [0.1, 0.15) is 30.7 Å². The van der Waals surface area contributed by atoms with Crippen LogP contribution < -0.4 is 5.32 Å². The number of benzene rings is 2. The minimum Gasteiger partial charge on any atom is -0.322 e. The van der Waals surface area contributed by atoms with Crippen molar-refractivity contribution in [3.63, 3.8) is 0 Å². The number of para-hydroxylation sites is 1.